The number of rotatable bonds is 1. The molecule has 66 valence electrons. The average Bonchev–Trinajstić information content (AvgIpc) is 2.01. The predicted molar refractivity (Wildman–Crippen MR) is 50.5 cm³/mol. The van der Waals surface area contributed by atoms with Gasteiger partial charge in [-0.1, -0.05) is 11.6 Å². The number of hydrogen-bond acceptors (Lipinski definition) is 2. The lowest BCUT2D eigenvalue weighted by atomic mass is 10.0. The van der Waals surface area contributed by atoms with Gasteiger partial charge in [-0.05, 0) is 36.6 Å². The summed E-state index contributed by atoms with van der Waals surface area (Å²) in [4.78, 5) is 0. The highest BCUT2D eigenvalue weighted by molar-refractivity contribution is 6.31. The van der Waals surface area contributed by atoms with Crippen LogP contribution in [0.2, 0.25) is 5.02 Å². The molecule has 0 aliphatic carbocycles. The van der Waals surface area contributed by atoms with Crippen molar-refractivity contribution in [1.82, 2.24) is 0 Å². The largest absolute Gasteiger partial charge is 0.507 e. The van der Waals surface area contributed by atoms with Crippen molar-refractivity contribution in [1.29, 1.82) is 0 Å². The standard InChI is InChI=1S/C9H12ClNO/c1-5-3-8(10)7(4-11)6(2)9(5)12/h3,12H,4,11H2,1-2H3. The van der Waals surface area contributed by atoms with Crippen LogP contribution in [0.5, 0.6) is 5.75 Å². The Labute approximate surface area is 77.0 Å². The number of hydrogen-bond donors (Lipinski definition) is 2. The third-order valence-corrected chi connectivity index (χ3v) is 2.35. The molecule has 0 unspecified atom stereocenters. The first-order valence-corrected chi connectivity index (χ1v) is 4.13. The van der Waals surface area contributed by atoms with Crippen molar-refractivity contribution in [2.45, 2.75) is 20.4 Å². The second-order valence-corrected chi connectivity index (χ2v) is 3.24. The molecule has 0 saturated carbocycles. The Kier molecular flexibility index (Phi) is 2.60. The summed E-state index contributed by atoms with van der Waals surface area (Å²) in [6.45, 7) is 3.99. The summed E-state index contributed by atoms with van der Waals surface area (Å²) in [7, 11) is 0. The van der Waals surface area contributed by atoms with Crippen molar-refractivity contribution in [2.75, 3.05) is 0 Å². The Hall–Kier alpha value is -0.730. The molecule has 0 saturated heterocycles. The number of nitrogens with two attached hydrogens (primary N) is 1. The van der Waals surface area contributed by atoms with Gasteiger partial charge in [-0.25, -0.2) is 0 Å². The number of aromatic hydroxyl groups is 1. The minimum Gasteiger partial charge on any atom is -0.507 e. The van der Waals surface area contributed by atoms with Crippen LogP contribution in [-0.4, -0.2) is 5.11 Å². The molecule has 0 aliphatic heterocycles. The molecule has 3 N–H and O–H groups in total. The van der Waals surface area contributed by atoms with Crippen molar-refractivity contribution in [2.24, 2.45) is 5.73 Å². The van der Waals surface area contributed by atoms with Gasteiger partial charge in [-0.2, -0.15) is 0 Å². The second kappa shape index (κ2) is 3.33. The van der Waals surface area contributed by atoms with Crippen LogP contribution in [-0.2, 0) is 6.54 Å². The summed E-state index contributed by atoms with van der Waals surface area (Å²) in [5.41, 5.74) is 7.86. The van der Waals surface area contributed by atoms with Gasteiger partial charge in [0, 0.05) is 11.6 Å². The highest BCUT2D eigenvalue weighted by atomic mass is 35.5. The highest BCUT2D eigenvalue weighted by Crippen LogP contribution is 2.30. The van der Waals surface area contributed by atoms with E-state index < -0.39 is 0 Å². The van der Waals surface area contributed by atoms with Gasteiger partial charge in [0.05, 0.1) is 0 Å². The van der Waals surface area contributed by atoms with Crippen molar-refractivity contribution in [3.8, 4) is 5.75 Å². The molecule has 0 spiro atoms. The van der Waals surface area contributed by atoms with Crippen LogP contribution in [0.15, 0.2) is 6.07 Å². The lowest BCUT2D eigenvalue weighted by molar-refractivity contribution is 0.466. The third-order valence-electron chi connectivity index (χ3n) is 2.02. The molecule has 1 aromatic rings. The number of phenolic OH excluding ortho intramolecular Hbond substituents is 1. The maximum Gasteiger partial charge on any atom is 0.121 e. The first-order chi connectivity index (χ1) is 5.57. The van der Waals surface area contributed by atoms with E-state index in [-0.39, 0.29) is 0 Å². The molecular weight excluding hydrogens is 174 g/mol. The first kappa shape index (κ1) is 9.36. The number of phenols is 1. The second-order valence-electron chi connectivity index (χ2n) is 2.83. The van der Waals surface area contributed by atoms with Crippen LogP contribution < -0.4 is 5.73 Å². The minimum absolute atomic E-state index is 0.292. The summed E-state index contributed by atoms with van der Waals surface area (Å²) < 4.78 is 0. The number of aryl methyl sites for hydroxylation is 1. The molecular formula is C9H12ClNO. The van der Waals surface area contributed by atoms with Gasteiger partial charge in [-0.15, -0.1) is 0 Å². The monoisotopic (exact) mass is 185 g/mol. The van der Waals surface area contributed by atoms with Crippen LogP contribution in [0.4, 0.5) is 0 Å². The summed E-state index contributed by atoms with van der Waals surface area (Å²) in [6, 6.07) is 1.73. The van der Waals surface area contributed by atoms with E-state index in [0.717, 1.165) is 16.7 Å². The average molecular weight is 186 g/mol. The quantitative estimate of drug-likeness (QED) is 0.704. The van der Waals surface area contributed by atoms with Crippen LogP contribution in [0.3, 0.4) is 0 Å². The fourth-order valence-corrected chi connectivity index (χ4v) is 1.60. The van der Waals surface area contributed by atoms with Gasteiger partial charge in [0.25, 0.3) is 0 Å². The molecule has 0 amide bonds. The molecule has 2 nitrogen and oxygen atoms in total. The zero-order valence-electron chi connectivity index (χ0n) is 7.19. The van der Waals surface area contributed by atoms with Gasteiger partial charge in [0.15, 0.2) is 0 Å². The van der Waals surface area contributed by atoms with Crippen molar-refractivity contribution in [3.63, 3.8) is 0 Å². The van der Waals surface area contributed by atoms with Crippen LogP contribution in [0.1, 0.15) is 16.7 Å². The molecule has 1 aromatic carbocycles. The highest BCUT2D eigenvalue weighted by Gasteiger charge is 2.09. The smallest absolute Gasteiger partial charge is 0.121 e. The maximum absolute atomic E-state index is 9.53. The molecule has 0 aliphatic rings. The van der Waals surface area contributed by atoms with Crippen LogP contribution in [0, 0.1) is 13.8 Å². The summed E-state index contributed by atoms with van der Waals surface area (Å²) in [5, 5.41) is 10.2. The lowest BCUT2D eigenvalue weighted by Gasteiger charge is -2.09. The molecule has 0 aromatic heterocycles. The van der Waals surface area contributed by atoms with E-state index in [1.54, 1.807) is 6.07 Å². The molecule has 0 atom stereocenters. The fourth-order valence-electron chi connectivity index (χ4n) is 1.21. The van der Waals surface area contributed by atoms with E-state index in [1.165, 1.54) is 0 Å². The Morgan fingerprint density at radius 1 is 1.50 bits per heavy atom. The molecule has 0 radical (unpaired) electrons. The maximum atomic E-state index is 9.53. The minimum atomic E-state index is 0.292. The van der Waals surface area contributed by atoms with E-state index in [1.807, 2.05) is 13.8 Å². The number of benzene rings is 1. The van der Waals surface area contributed by atoms with E-state index in [0.29, 0.717) is 17.3 Å². The van der Waals surface area contributed by atoms with Crippen molar-refractivity contribution < 1.29 is 5.11 Å². The van der Waals surface area contributed by atoms with Gasteiger partial charge >= 0.3 is 0 Å². The Balaban J connectivity index is 3.40. The van der Waals surface area contributed by atoms with E-state index in [2.05, 4.69) is 0 Å². The van der Waals surface area contributed by atoms with Gasteiger partial charge in [-0.3, -0.25) is 0 Å². The normalized spacial score (nSPS) is 10.3. The zero-order chi connectivity index (χ0) is 9.30. The zero-order valence-corrected chi connectivity index (χ0v) is 7.94. The number of halogens is 1. The Morgan fingerprint density at radius 3 is 2.58 bits per heavy atom. The SMILES string of the molecule is Cc1cc(Cl)c(CN)c(C)c1O. The van der Waals surface area contributed by atoms with Crippen LogP contribution in [0.25, 0.3) is 0 Å². The van der Waals surface area contributed by atoms with Gasteiger partial charge < -0.3 is 10.8 Å². The first-order valence-electron chi connectivity index (χ1n) is 3.75. The van der Waals surface area contributed by atoms with Gasteiger partial charge in [0.2, 0.25) is 0 Å². The molecule has 0 fully saturated rings. The van der Waals surface area contributed by atoms with Crippen molar-refractivity contribution >= 4 is 11.6 Å². The van der Waals surface area contributed by atoms with Crippen molar-refractivity contribution in [3.05, 3.63) is 27.8 Å². The Morgan fingerprint density at radius 2 is 2.08 bits per heavy atom. The molecule has 1 rings (SSSR count). The predicted octanol–water partition coefficient (Wildman–Crippen LogP) is 2.12. The molecule has 0 heterocycles. The van der Waals surface area contributed by atoms with Gasteiger partial charge in [0.1, 0.15) is 5.75 Å². The molecule has 12 heavy (non-hydrogen) atoms. The van der Waals surface area contributed by atoms with Crippen LogP contribution >= 0.6 is 11.6 Å². The van der Waals surface area contributed by atoms with E-state index in [9.17, 15) is 5.11 Å². The molecule has 0 bridgehead atoms. The molecule has 3 heteroatoms. The lowest BCUT2D eigenvalue weighted by Crippen LogP contribution is -2.01. The summed E-state index contributed by atoms with van der Waals surface area (Å²) >= 11 is 5.92. The third kappa shape index (κ3) is 1.40. The Bertz CT molecular complexity index is 310. The van der Waals surface area contributed by atoms with E-state index in [4.69, 9.17) is 17.3 Å². The van der Waals surface area contributed by atoms with E-state index >= 15 is 0 Å². The summed E-state index contributed by atoms with van der Waals surface area (Å²) in [6.07, 6.45) is 0. The summed E-state index contributed by atoms with van der Waals surface area (Å²) in [5.74, 6) is 0.292. The topological polar surface area (TPSA) is 46.2 Å². The fraction of sp³-hybridized carbons (Fsp3) is 0.333.